The van der Waals surface area contributed by atoms with Crippen molar-refractivity contribution in [3.63, 3.8) is 0 Å². The number of methoxy groups -OCH3 is 4. The van der Waals surface area contributed by atoms with Crippen molar-refractivity contribution in [2.45, 2.75) is 44.9 Å². The Morgan fingerprint density at radius 3 is 2.26 bits per heavy atom. The highest BCUT2D eigenvalue weighted by Crippen LogP contribution is 2.61. The number of hydrogen-bond donors (Lipinski definition) is 1. The molecule has 2 aromatic rings. The fraction of sp³-hybridized carbons (Fsp3) is 0.483. The van der Waals surface area contributed by atoms with Crippen molar-refractivity contribution in [2.75, 3.05) is 28.4 Å². The number of carbonyl (C=O) groups is 1. The van der Waals surface area contributed by atoms with E-state index in [1.165, 1.54) is 11.1 Å². The smallest absolute Gasteiger partial charge is 0.203 e. The zero-order valence-electron chi connectivity index (χ0n) is 21.1. The van der Waals surface area contributed by atoms with E-state index >= 15 is 0 Å². The first kappa shape index (κ1) is 23.6. The highest BCUT2D eigenvalue weighted by molar-refractivity contribution is 6.06. The molecule has 0 heterocycles. The molecule has 0 unspecified atom stereocenters. The molecule has 2 fully saturated rings. The summed E-state index contributed by atoms with van der Waals surface area (Å²) in [6.07, 6.45) is 6.57. The molecule has 186 valence electrons. The van der Waals surface area contributed by atoms with Crippen molar-refractivity contribution in [1.29, 1.82) is 0 Å². The summed E-state index contributed by atoms with van der Waals surface area (Å²) in [5.74, 6) is 3.83. The van der Waals surface area contributed by atoms with Crippen LogP contribution in [0.1, 0.15) is 55.2 Å². The van der Waals surface area contributed by atoms with Crippen LogP contribution in [0.5, 0.6) is 28.7 Å². The Balaban J connectivity index is 1.49. The molecule has 0 amide bonds. The number of hydrogen-bond acceptors (Lipinski definition) is 6. The van der Waals surface area contributed by atoms with Crippen LogP contribution < -0.4 is 18.9 Å². The van der Waals surface area contributed by atoms with Crippen LogP contribution >= 0.6 is 0 Å². The number of fused-ring (bicyclic) bond motifs is 5. The van der Waals surface area contributed by atoms with Crippen molar-refractivity contribution in [1.82, 2.24) is 0 Å². The molecule has 3 aliphatic rings. The van der Waals surface area contributed by atoms with E-state index in [0.717, 1.165) is 43.2 Å². The Hall–Kier alpha value is -3.15. The quantitative estimate of drug-likeness (QED) is 0.569. The first-order chi connectivity index (χ1) is 16.8. The van der Waals surface area contributed by atoms with Gasteiger partial charge in [0.05, 0.1) is 28.4 Å². The second-order valence-electron chi connectivity index (χ2n) is 10.3. The summed E-state index contributed by atoms with van der Waals surface area (Å²) in [7, 11) is 6.37. The maximum atomic E-state index is 13.8. The summed E-state index contributed by atoms with van der Waals surface area (Å²) in [6.45, 7) is 2.17. The molecule has 35 heavy (non-hydrogen) atoms. The van der Waals surface area contributed by atoms with Gasteiger partial charge in [-0.15, -0.1) is 0 Å². The molecule has 0 radical (unpaired) electrons. The Kier molecular flexibility index (Phi) is 5.94. The van der Waals surface area contributed by atoms with Crippen molar-refractivity contribution < 1.29 is 28.8 Å². The summed E-state index contributed by atoms with van der Waals surface area (Å²) in [5, 5.41) is 10.3. The van der Waals surface area contributed by atoms with Gasteiger partial charge in [0, 0.05) is 5.41 Å². The normalized spacial score (nSPS) is 28.2. The lowest BCUT2D eigenvalue weighted by Crippen LogP contribution is -2.42. The monoisotopic (exact) mass is 478 g/mol. The van der Waals surface area contributed by atoms with Gasteiger partial charge in [0.2, 0.25) is 5.75 Å². The van der Waals surface area contributed by atoms with E-state index < -0.39 is 0 Å². The maximum absolute atomic E-state index is 13.8. The zero-order valence-corrected chi connectivity index (χ0v) is 21.1. The number of aryl methyl sites for hydroxylation is 1. The fourth-order valence-corrected chi connectivity index (χ4v) is 6.94. The van der Waals surface area contributed by atoms with Gasteiger partial charge < -0.3 is 24.1 Å². The number of phenolic OH excluding ortho intramolecular Hbond substituents is 1. The number of benzene rings is 2. The fourth-order valence-electron chi connectivity index (χ4n) is 6.94. The Labute approximate surface area is 206 Å². The second-order valence-corrected chi connectivity index (χ2v) is 10.3. The third-order valence-corrected chi connectivity index (χ3v) is 8.69. The highest BCUT2D eigenvalue weighted by atomic mass is 16.5. The van der Waals surface area contributed by atoms with Crippen molar-refractivity contribution in [2.24, 2.45) is 17.3 Å². The minimum absolute atomic E-state index is 0.206. The first-order valence-electron chi connectivity index (χ1n) is 12.3. The van der Waals surface area contributed by atoms with Gasteiger partial charge in [0.25, 0.3) is 0 Å². The topological polar surface area (TPSA) is 74.2 Å². The van der Waals surface area contributed by atoms with Crippen molar-refractivity contribution in [3.8, 4) is 28.7 Å². The van der Waals surface area contributed by atoms with E-state index in [4.69, 9.17) is 18.9 Å². The predicted molar refractivity (Wildman–Crippen MR) is 134 cm³/mol. The number of ketones is 1. The standard InChI is InChI=1S/C29H34O6/c1-29-9-8-19-20(7-6-17-14-23(30)24(32-2)15-21(17)19)22(29)13-18(28(29)31)10-16-11-25(33-3)27(35-5)26(12-16)34-4/h10-12,14-15,19-20,22,30H,6-9,13H2,1-5H3/b18-10+/t19-,20+,22-,29-/m0/s1. The molecule has 2 aromatic carbocycles. The first-order valence-corrected chi connectivity index (χ1v) is 12.3. The van der Waals surface area contributed by atoms with Crippen LogP contribution in [0.15, 0.2) is 29.8 Å². The van der Waals surface area contributed by atoms with Crippen LogP contribution in [0.25, 0.3) is 6.08 Å². The van der Waals surface area contributed by atoms with Crippen LogP contribution in [0.3, 0.4) is 0 Å². The van der Waals surface area contributed by atoms with Gasteiger partial charge in [-0.1, -0.05) is 6.92 Å². The van der Waals surface area contributed by atoms with E-state index in [-0.39, 0.29) is 16.9 Å². The van der Waals surface area contributed by atoms with E-state index in [9.17, 15) is 9.90 Å². The van der Waals surface area contributed by atoms with Gasteiger partial charge in [-0.3, -0.25) is 4.79 Å². The molecule has 5 rings (SSSR count). The van der Waals surface area contributed by atoms with Crippen molar-refractivity contribution >= 4 is 11.9 Å². The van der Waals surface area contributed by atoms with Gasteiger partial charge >= 0.3 is 0 Å². The maximum Gasteiger partial charge on any atom is 0.203 e. The van der Waals surface area contributed by atoms with Gasteiger partial charge in [-0.25, -0.2) is 0 Å². The number of carbonyl (C=O) groups excluding carboxylic acids is 1. The number of rotatable bonds is 5. The number of aromatic hydroxyl groups is 1. The summed E-state index contributed by atoms with van der Waals surface area (Å²) in [5.41, 5.74) is 3.90. The lowest BCUT2D eigenvalue weighted by Gasteiger charge is -2.48. The molecule has 6 nitrogen and oxygen atoms in total. The Morgan fingerprint density at radius 1 is 0.943 bits per heavy atom. The Morgan fingerprint density at radius 2 is 1.63 bits per heavy atom. The minimum Gasteiger partial charge on any atom is -0.504 e. The SMILES string of the molecule is COc1cc2c(cc1O)CC[C@@H]1[C@@H]2CC[C@]2(C)C(=O)/C(=C/c3cc(OC)c(OC)c(OC)c3)C[C@@H]12. The van der Waals surface area contributed by atoms with Gasteiger partial charge in [-0.2, -0.15) is 0 Å². The zero-order chi connectivity index (χ0) is 24.9. The molecule has 1 N–H and O–H groups in total. The Bertz CT molecular complexity index is 1170. The summed E-state index contributed by atoms with van der Waals surface area (Å²) in [4.78, 5) is 13.8. The van der Waals surface area contributed by atoms with Crippen LogP contribution in [0.2, 0.25) is 0 Å². The molecule has 0 spiro atoms. The van der Waals surface area contributed by atoms with E-state index in [0.29, 0.717) is 40.8 Å². The second kappa shape index (κ2) is 8.81. The number of ether oxygens (including phenoxy) is 4. The minimum atomic E-state index is -0.341. The molecule has 6 heteroatoms. The lowest BCUT2D eigenvalue weighted by molar-refractivity contribution is -0.127. The predicted octanol–water partition coefficient (Wildman–Crippen LogP) is 5.55. The molecule has 2 saturated carbocycles. The van der Waals surface area contributed by atoms with Crippen LogP contribution in [-0.4, -0.2) is 39.3 Å². The summed E-state index contributed by atoms with van der Waals surface area (Å²) < 4.78 is 21.9. The summed E-state index contributed by atoms with van der Waals surface area (Å²) >= 11 is 0. The number of Topliss-reactive ketones (excluding diaryl/α,β-unsaturated/α-hetero) is 1. The largest absolute Gasteiger partial charge is 0.504 e. The van der Waals surface area contributed by atoms with Gasteiger partial charge in [0.1, 0.15) is 0 Å². The lowest BCUT2D eigenvalue weighted by atomic mass is 9.55. The average molecular weight is 479 g/mol. The molecule has 3 aliphatic carbocycles. The third kappa shape index (κ3) is 3.65. The molecule has 0 aromatic heterocycles. The molecule has 0 aliphatic heterocycles. The van der Waals surface area contributed by atoms with Crippen LogP contribution in [0, 0.1) is 17.3 Å². The number of phenols is 1. The molecular weight excluding hydrogens is 444 g/mol. The highest BCUT2D eigenvalue weighted by Gasteiger charge is 2.56. The molecule has 0 bridgehead atoms. The van der Waals surface area contributed by atoms with E-state index in [2.05, 4.69) is 6.92 Å². The van der Waals surface area contributed by atoms with E-state index in [1.807, 2.05) is 30.3 Å². The van der Waals surface area contributed by atoms with Gasteiger partial charge in [0.15, 0.2) is 28.8 Å². The number of allylic oxidation sites excluding steroid dienone is 1. The molecule has 0 saturated heterocycles. The molecule has 4 atom stereocenters. The summed E-state index contributed by atoms with van der Waals surface area (Å²) in [6, 6.07) is 7.68. The van der Waals surface area contributed by atoms with Crippen LogP contribution in [0.4, 0.5) is 0 Å². The van der Waals surface area contributed by atoms with E-state index in [1.54, 1.807) is 28.4 Å². The third-order valence-electron chi connectivity index (χ3n) is 8.69. The average Bonchev–Trinajstić information content (AvgIpc) is 3.12. The van der Waals surface area contributed by atoms with Gasteiger partial charge in [-0.05, 0) is 102 Å². The van der Waals surface area contributed by atoms with Crippen molar-refractivity contribution in [3.05, 3.63) is 46.5 Å². The molecular formula is C29H34O6. The van der Waals surface area contributed by atoms with Crippen LogP contribution in [-0.2, 0) is 11.2 Å².